The Balaban J connectivity index is 1.93. The van der Waals surface area contributed by atoms with Crippen LogP contribution in [-0.2, 0) is 16.0 Å². The summed E-state index contributed by atoms with van der Waals surface area (Å²) in [6, 6.07) is 5.84. The minimum atomic E-state index is -0.764. The lowest BCUT2D eigenvalue weighted by Crippen LogP contribution is -2.40. The van der Waals surface area contributed by atoms with Crippen molar-refractivity contribution in [2.75, 3.05) is 20.2 Å². The number of nitrogens with zero attached hydrogens (tertiary/aromatic N) is 1. The summed E-state index contributed by atoms with van der Waals surface area (Å²) < 4.78 is 5.30. The van der Waals surface area contributed by atoms with Gasteiger partial charge in [0.05, 0.1) is 13.5 Å². The van der Waals surface area contributed by atoms with Gasteiger partial charge in [-0.15, -0.1) is 0 Å². The number of ether oxygens (including phenoxy) is 1. The first-order chi connectivity index (χ1) is 11.0. The number of carbonyl (C=O) groups is 2. The van der Waals surface area contributed by atoms with E-state index >= 15 is 0 Å². The van der Waals surface area contributed by atoms with Crippen molar-refractivity contribution in [3.05, 3.63) is 29.3 Å². The van der Waals surface area contributed by atoms with E-state index in [4.69, 9.17) is 9.84 Å². The fraction of sp³-hybridized carbons (Fsp3) is 0.556. The van der Waals surface area contributed by atoms with Crippen molar-refractivity contribution in [1.29, 1.82) is 0 Å². The second-order valence-electron chi connectivity index (χ2n) is 6.26. The number of likely N-dealkylation sites (tertiary alicyclic amines) is 1. The predicted octanol–water partition coefficient (Wildman–Crippen LogP) is 2.65. The molecule has 5 nitrogen and oxygen atoms in total. The lowest BCUT2D eigenvalue weighted by atomic mass is 9.93. The normalized spacial score (nSPS) is 17.8. The summed E-state index contributed by atoms with van der Waals surface area (Å²) in [6.45, 7) is 3.42. The molecular weight excluding hydrogens is 294 g/mol. The lowest BCUT2D eigenvalue weighted by molar-refractivity contribution is -0.137. The molecular formula is C18H25NO4. The molecule has 0 spiro atoms. The number of hydrogen-bond donors (Lipinski definition) is 1. The quantitative estimate of drug-likeness (QED) is 0.875. The van der Waals surface area contributed by atoms with Crippen LogP contribution in [0.5, 0.6) is 5.75 Å². The molecule has 5 heteroatoms. The van der Waals surface area contributed by atoms with Gasteiger partial charge in [0.1, 0.15) is 5.75 Å². The van der Waals surface area contributed by atoms with Gasteiger partial charge < -0.3 is 14.7 Å². The Kier molecular flexibility index (Phi) is 6.02. The van der Waals surface area contributed by atoms with E-state index in [2.05, 4.69) is 0 Å². The smallest absolute Gasteiger partial charge is 0.303 e. The predicted molar refractivity (Wildman–Crippen MR) is 87.6 cm³/mol. The number of aliphatic carboxylic acids is 1. The standard InChI is InChI=1S/C18H25NO4/c1-13-5-6-15(10-16(13)23-2)11-17(20)19-9-3-4-14(12-19)7-8-18(21)22/h5-6,10,14H,3-4,7-9,11-12H2,1-2H3,(H,21,22). The van der Waals surface area contributed by atoms with E-state index in [1.54, 1.807) is 7.11 Å². The maximum absolute atomic E-state index is 12.5. The van der Waals surface area contributed by atoms with E-state index < -0.39 is 5.97 Å². The average Bonchev–Trinajstić information content (AvgIpc) is 2.55. The Bertz CT molecular complexity index is 570. The molecule has 1 atom stereocenters. The Morgan fingerprint density at radius 3 is 2.87 bits per heavy atom. The fourth-order valence-electron chi connectivity index (χ4n) is 3.12. The highest BCUT2D eigenvalue weighted by molar-refractivity contribution is 5.79. The van der Waals surface area contributed by atoms with Crippen LogP contribution in [0.1, 0.15) is 36.8 Å². The van der Waals surface area contributed by atoms with E-state index in [0.29, 0.717) is 25.3 Å². The zero-order chi connectivity index (χ0) is 16.8. The van der Waals surface area contributed by atoms with Crippen LogP contribution >= 0.6 is 0 Å². The van der Waals surface area contributed by atoms with Crippen molar-refractivity contribution < 1.29 is 19.4 Å². The first kappa shape index (κ1) is 17.3. The van der Waals surface area contributed by atoms with Gasteiger partial charge >= 0.3 is 5.97 Å². The van der Waals surface area contributed by atoms with Crippen LogP contribution in [0.25, 0.3) is 0 Å². The number of piperidine rings is 1. The number of carbonyl (C=O) groups excluding carboxylic acids is 1. The van der Waals surface area contributed by atoms with Gasteiger partial charge in [-0.2, -0.15) is 0 Å². The van der Waals surface area contributed by atoms with Crippen molar-refractivity contribution in [3.8, 4) is 5.75 Å². The average molecular weight is 319 g/mol. The van der Waals surface area contributed by atoms with Crippen LogP contribution in [-0.4, -0.2) is 42.1 Å². The van der Waals surface area contributed by atoms with E-state index in [9.17, 15) is 9.59 Å². The molecule has 0 saturated carbocycles. The number of aryl methyl sites for hydroxylation is 1. The summed E-state index contributed by atoms with van der Waals surface area (Å²) in [6.07, 6.45) is 3.16. The van der Waals surface area contributed by atoms with Gasteiger partial charge in [-0.1, -0.05) is 12.1 Å². The first-order valence-electron chi connectivity index (χ1n) is 8.12. The summed E-state index contributed by atoms with van der Waals surface area (Å²) in [5.41, 5.74) is 2.00. The van der Waals surface area contributed by atoms with E-state index in [1.807, 2.05) is 30.0 Å². The third-order valence-electron chi connectivity index (χ3n) is 4.47. The molecule has 1 heterocycles. The van der Waals surface area contributed by atoms with Gasteiger partial charge in [-0.05, 0) is 49.3 Å². The monoisotopic (exact) mass is 319 g/mol. The van der Waals surface area contributed by atoms with Crippen LogP contribution in [0, 0.1) is 12.8 Å². The molecule has 1 aliphatic rings. The minimum Gasteiger partial charge on any atom is -0.496 e. The number of carboxylic acids is 1. The van der Waals surface area contributed by atoms with Crippen LogP contribution in [0.3, 0.4) is 0 Å². The Labute approximate surface area is 137 Å². The van der Waals surface area contributed by atoms with Gasteiger partial charge in [-0.3, -0.25) is 9.59 Å². The summed E-state index contributed by atoms with van der Waals surface area (Å²) in [7, 11) is 1.63. The van der Waals surface area contributed by atoms with Crippen molar-refractivity contribution in [1.82, 2.24) is 4.90 Å². The minimum absolute atomic E-state index is 0.107. The van der Waals surface area contributed by atoms with Crippen molar-refractivity contribution in [2.45, 2.75) is 39.0 Å². The van der Waals surface area contributed by atoms with Gasteiger partial charge in [0.25, 0.3) is 0 Å². The SMILES string of the molecule is COc1cc(CC(=O)N2CCCC(CCC(=O)O)C2)ccc1C. The summed E-state index contributed by atoms with van der Waals surface area (Å²) in [4.78, 5) is 25.1. The van der Waals surface area contributed by atoms with Gasteiger partial charge in [-0.25, -0.2) is 0 Å². The van der Waals surface area contributed by atoms with Gasteiger partial charge in [0.2, 0.25) is 5.91 Å². The number of rotatable bonds is 6. The second-order valence-corrected chi connectivity index (χ2v) is 6.26. The molecule has 0 aliphatic carbocycles. The number of hydrogen-bond acceptors (Lipinski definition) is 3. The largest absolute Gasteiger partial charge is 0.496 e. The Morgan fingerprint density at radius 1 is 1.39 bits per heavy atom. The van der Waals surface area contributed by atoms with E-state index in [1.165, 1.54) is 0 Å². The van der Waals surface area contributed by atoms with Crippen LogP contribution in [0.2, 0.25) is 0 Å². The highest BCUT2D eigenvalue weighted by atomic mass is 16.5. The molecule has 1 aromatic carbocycles. The fourth-order valence-corrected chi connectivity index (χ4v) is 3.12. The summed E-state index contributed by atoms with van der Waals surface area (Å²) in [5.74, 6) is 0.445. The topological polar surface area (TPSA) is 66.8 Å². The molecule has 126 valence electrons. The molecule has 0 bridgehead atoms. The molecule has 23 heavy (non-hydrogen) atoms. The van der Waals surface area contributed by atoms with Crippen molar-refractivity contribution >= 4 is 11.9 Å². The Hall–Kier alpha value is -2.04. The van der Waals surface area contributed by atoms with Crippen molar-refractivity contribution in [2.24, 2.45) is 5.92 Å². The number of carboxylic acid groups (broad SMARTS) is 1. The molecule has 0 aromatic heterocycles. The molecule has 1 unspecified atom stereocenters. The van der Waals surface area contributed by atoms with Crippen molar-refractivity contribution in [3.63, 3.8) is 0 Å². The zero-order valence-corrected chi connectivity index (χ0v) is 13.9. The second kappa shape index (κ2) is 7.99. The highest BCUT2D eigenvalue weighted by Crippen LogP contribution is 2.23. The maximum Gasteiger partial charge on any atom is 0.303 e. The molecule has 1 fully saturated rings. The van der Waals surface area contributed by atoms with Crippen LogP contribution < -0.4 is 4.74 Å². The molecule has 0 radical (unpaired) electrons. The number of amides is 1. The van der Waals surface area contributed by atoms with Crippen LogP contribution in [0.4, 0.5) is 0 Å². The Morgan fingerprint density at radius 2 is 2.17 bits per heavy atom. The summed E-state index contributed by atoms with van der Waals surface area (Å²) >= 11 is 0. The van der Waals surface area contributed by atoms with E-state index in [0.717, 1.165) is 36.3 Å². The van der Waals surface area contributed by atoms with Gasteiger partial charge in [0, 0.05) is 19.5 Å². The lowest BCUT2D eigenvalue weighted by Gasteiger charge is -2.32. The molecule has 1 saturated heterocycles. The molecule has 1 N–H and O–H groups in total. The molecule has 2 rings (SSSR count). The third kappa shape index (κ3) is 4.98. The molecule has 1 aliphatic heterocycles. The third-order valence-corrected chi connectivity index (χ3v) is 4.47. The van der Waals surface area contributed by atoms with Gasteiger partial charge in [0.15, 0.2) is 0 Å². The van der Waals surface area contributed by atoms with Crippen LogP contribution in [0.15, 0.2) is 18.2 Å². The zero-order valence-electron chi connectivity index (χ0n) is 13.9. The van der Waals surface area contributed by atoms with E-state index in [-0.39, 0.29) is 12.3 Å². The highest BCUT2D eigenvalue weighted by Gasteiger charge is 2.24. The maximum atomic E-state index is 12.5. The molecule has 1 amide bonds. The molecule has 1 aromatic rings. The number of benzene rings is 1. The number of methoxy groups -OCH3 is 1. The summed E-state index contributed by atoms with van der Waals surface area (Å²) in [5, 5.41) is 8.79. The first-order valence-corrected chi connectivity index (χ1v) is 8.12.